The van der Waals surface area contributed by atoms with Crippen molar-refractivity contribution in [3.63, 3.8) is 0 Å². The zero-order chi connectivity index (χ0) is 11.4. The van der Waals surface area contributed by atoms with E-state index >= 15 is 0 Å². The molecule has 0 aromatic carbocycles. The average molecular weight is 229 g/mol. The fourth-order valence-corrected chi connectivity index (χ4v) is 2.43. The van der Waals surface area contributed by atoms with Crippen molar-refractivity contribution >= 4 is 0 Å². The van der Waals surface area contributed by atoms with Crippen LogP contribution in [0, 0.1) is 0 Å². The maximum Gasteiger partial charge on any atom is 0.0849 e. The van der Waals surface area contributed by atoms with Crippen LogP contribution in [-0.4, -0.2) is 44.2 Å². The summed E-state index contributed by atoms with van der Waals surface area (Å²) in [6.07, 6.45) is 4.72. The first-order valence-electron chi connectivity index (χ1n) is 6.31. The van der Waals surface area contributed by atoms with Gasteiger partial charge in [0.25, 0.3) is 0 Å². The molecule has 0 bridgehead atoms. The van der Waals surface area contributed by atoms with Gasteiger partial charge in [0.2, 0.25) is 0 Å². The third kappa shape index (κ3) is 2.94. The maximum absolute atomic E-state index is 6.02. The van der Waals surface area contributed by atoms with Crippen LogP contribution in [0.1, 0.15) is 32.6 Å². The van der Waals surface area contributed by atoms with Crippen LogP contribution in [0.2, 0.25) is 0 Å². The summed E-state index contributed by atoms with van der Waals surface area (Å²) in [7, 11) is 0. The Morgan fingerprint density at radius 3 is 2.62 bits per heavy atom. The third-order valence-corrected chi connectivity index (χ3v) is 3.67. The molecule has 0 aromatic rings. The lowest BCUT2D eigenvalue weighted by atomic mass is 9.94. The molecule has 0 aliphatic carbocycles. The number of hydrogen-bond acceptors (Lipinski definition) is 4. The molecule has 2 saturated heterocycles. The molecule has 0 radical (unpaired) electrons. The second-order valence-corrected chi connectivity index (χ2v) is 4.96. The largest absolute Gasteiger partial charge is 0.381 e. The van der Waals surface area contributed by atoms with Gasteiger partial charge in [0.15, 0.2) is 0 Å². The van der Waals surface area contributed by atoms with Gasteiger partial charge in [-0.25, -0.2) is 0 Å². The van der Waals surface area contributed by atoms with E-state index in [2.05, 4.69) is 6.92 Å². The Bertz CT molecular complexity index is 216. The van der Waals surface area contributed by atoms with Crippen molar-refractivity contribution < 1.29 is 14.2 Å². The van der Waals surface area contributed by atoms with Crippen molar-refractivity contribution in [1.29, 1.82) is 0 Å². The highest BCUT2D eigenvalue weighted by molar-refractivity contribution is 4.85. The van der Waals surface area contributed by atoms with Gasteiger partial charge in [0.05, 0.1) is 24.4 Å². The van der Waals surface area contributed by atoms with E-state index in [0.29, 0.717) is 19.3 Å². The van der Waals surface area contributed by atoms with E-state index in [0.717, 1.165) is 38.9 Å². The van der Waals surface area contributed by atoms with Crippen molar-refractivity contribution in [2.75, 3.05) is 26.4 Å². The fraction of sp³-hybridized carbons (Fsp3) is 1.00. The second-order valence-electron chi connectivity index (χ2n) is 4.96. The Morgan fingerprint density at radius 2 is 2.06 bits per heavy atom. The molecule has 2 rings (SSSR count). The minimum atomic E-state index is -0.159. The summed E-state index contributed by atoms with van der Waals surface area (Å²) in [4.78, 5) is 0. The van der Waals surface area contributed by atoms with Crippen molar-refractivity contribution in [3.8, 4) is 0 Å². The van der Waals surface area contributed by atoms with E-state index in [1.54, 1.807) is 0 Å². The monoisotopic (exact) mass is 229 g/mol. The van der Waals surface area contributed by atoms with Gasteiger partial charge in [-0.1, -0.05) is 0 Å². The molecule has 2 fully saturated rings. The van der Waals surface area contributed by atoms with Gasteiger partial charge in [-0.15, -0.1) is 0 Å². The molecule has 94 valence electrons. The van der Waals surface area contributed by atoms with E-state index in [1.807, 2.05) is 0 Å². The number of ether oxygens (including phenoxy) is 3. The lowest BCUT2D eigenvalue weighted by Crippen LogP contribution is -2.46. The molecular weight excluding hydrogens is 206 g/mol. The lowest BCUT2D eigenvalue weighted by molar-refractivity contribution is -0.130. The molecule has 2 aliphatic rings. The van der Waals surface area contributed by atoms with Crippen molar-refractivity contribution in [1.82, 2.24) is 0 Å². The van der Waals surface area contributed by atoms with Crippen LogP contribution in [0.4, 0.5) is 0 Å². The minimum absolute atomic E-state index is 0.159. The molecule has 4 heteroatoms. The summed E-state index contributed by atoms with van der Waals surface area (Å²) >= 11 is 0. The van der Waals surface area contributed by atoms with Gasteiger partial charge >= 0.3 is 0 Å². The predicted octanol–water partition coefficient (Wildman–Crippen LogP) is 1.08. The van der Waals surface area contributed by atoms with Gasteiger partial charge in [0.1, 0.15) is 0 Å². The molecule has 16 heavy (non-hydrogen) atoms. The number of nitrogens with two attached hydrogens (primary N) is 1. The molecule has 0 aromatic heterocycles. The SMILES string of the molecule is CC1CCC(COC2(CN)CCOCC2)O1. The van der Waals surface area contributed by atoms with Crippen molar-refractivity contribution in [2.24, 2.45) is 5.73 Å². The molecule has 2 N–H and O–H groups in total. The van der Waals surface area contributed by atoms with Crippen LogP contribution in [0.5, 0.6) is 0 Å². The Hall–Kier alpha value is -0.160. The first-order valence-corrected chi connectivity index (χ1v) is 6.31. The molecular formula is C12H23NO3. The summed E-state index contributed by atoms with van der Waals surface area (Å²) in [5.41, 5.74) is 5.67. The fourth-order valence-electron chi connectivity index (χ4n) is 2.43. The van der Waals surface area contributed by atoms with Gasteiger partial charge in [-0.2, -0.15) is 0 Å². The van der Waals surface area contributed by atoms with Crippen LogP contribution >= 0.6 is 0 Å². The minimum Gasteiger partial charge on any atom is -0.381 e. The zero-order valence-electron chi connectivity index (χ0n) is 10.1. The Kier molecular flexibility index (Phi) is 4.19. The van der Waals surface area contributed by atoms with Gasteiger partial charge in [-0.3, -0.25) is 0 Å². The van der Waals surface area contributed by atoms with Crippen LogP contribution in [0.15, 0.2) is 0 Å². The Labute approximate surface area is 97.4 Å². The summed E-state index contributed by atoms with van der Waals surface area (Å²) in [5.74, 6) is 0. The van der Waals surface area contributed by atoms with Crippen molar-refractivity contribution in [3.05, 3.63) is 0 Å². The first kappa shape index (κ1) is 12.3. The molecule has 0 amide bonds. The zero-order valence-corrected chi connectivity index (χ0v) is 10.1. The van der Waals surface area contributed by atoms with Gasteiger partial charge in [-0.05, 0) is 19.8 Å². The first-order chi connectivity index (χ1) is 7.74. The van der Waals surface area contributed by atoms with E-state index in [4.69, 9.17) is 19.9 Å². The van der Waals surface area contributed by atoms with Crippen LogP contribution < -0.4 is 5.73 Å². The summed E-state index contributed by atoms with van der Waals surface area (Å²) in [5, 5.41) is 0. The van der Waals surface area contributed by atoms with Gasteiger partial charge < -0.3 is 19.9 Å². The molecule has 2 unspecified atom stereocenters. The summed E-state index contributed by atoms with van der Waals surface area (Å²) < 4.78 is 17.1. The Morgan fingerprint density at radius 1 is 1.31 bits per heavy atom. The highest BCUT2D eigenvalue weighted by atomic mass is 16.6. The lowest BCUT2D eigenvalue weighted by Gasteiger charge is -2.36. The average Bonchev–Trinajstić information content (AvgIpc) is 2.74. The molecule has 2 heterocycles. The van der Waals surface area contributed by atoms with E-state index in [9.17, 15) is 0 Å². The third-order valence-electron chi connectivity index (χ3n) is 3.67. The van der Waals surface area contributed by atoms with E-state index in [1.165, 1.54) is 0 Å². The second kappa shape index (κ2) is 5.45. The molecule has 0 saturated carbocycles. The normalized spacial score (nSPS) is 34.1. The predicted molar refractivity (Wildman–Crippen MR) is 61.4 cm³/mol. The molecule has 2 aliphatic heterocycles. The quantitative estimate of drug-likeness (QED) is 0.783. The maximum atomic E-state index is 6.02. The Balaban J connectivity index is 1.78. The number of rotatable bonds is 4. The molecule has 2 atom stereocenters. The van der Waals surface area contributed by atoms with Gasteiger partial charge in [0, 0.05) is 32.6 Å². The van der Waals surface area contributed by atoms with Crippen LogP contribution in [0.3, 0.4) is 0 Å². The smallest absolute Gasteiger partial charge is 0.0849 e. The van der Waals surface area contributed by atoms with E-state index < -0.39 is 0 Å². The van der Waals surface area contributed by atoms with Crippen molar-refractivity contribution in [2.45, 2.75) is 50.4 Å². The van der Waals surface area contributed by atoms with E-state index in [-0.39, 0.29) is 11.7 Å². The standard InChI is InChI=1S/C12H23NO3/c1-10-2-3-11(16-10)8-15-12(9-13)4-6-14-7-5-12/h10-11H,2-9,13H2,1H3. The summed E-state index contributed by atoms with van der Waals surface area (Å²) in [6, 6.07) is 0. The van der Waals surface area contributed by atoms with Crippen LogP contribution in [-0.2, 0) is 14.2 Å². The topological polar surface area (TPSA) is 53.7 Å². The molecule has 4 nitrogen and oxygen atoms in total. The van der Waals surface area contributed by atoms with Crippen LogP contribution in [0.25, 0.3) is 0 Å². The highest BCUT2D eigenvalue weighted by Gasteiger charge is 2.34. The molecule has 0 spiro atoms. The summed E-state index contributed by atoms with van der Waals surface area (Å²) in [6.45, 7) is 4.91. The number of hydrogen-bond donors (Lipinski definition) is 1. The highest BCUT2D eigenvalue weighted by Crippen LogP contribution is 2.26.